The Balaban J connectivity index is 1.54. The van der Waals surface area contributed by atoms with Crippen LogP contribution in [0, 0.1) is 11.6 Å². The number of pyridine rings is 1. The molecule has 0 aliphatic heterocycles. The van der Waals surface area contributed by atoms with E-state index >= 15 is 0 Å². The number of aliphatic hydroxyl groups excluding tert-OH is 1. The maximum Gasteiger partial charge on any atom is 0.183 e. The average molecular weight is 539 g/mol. The van der Waals surface area contributed by atoms with Gasteiger partial charge in [-0.2, -0.15) is 5.10 Å². The molecule has 0 saturated heterocycles. The minimum absolute atomic E-state index is 0.00947. The molecule has 0 fully saturated rings. The van der Waals surface area contributed by atoms with Crippen LogP contribution in [0.4, 0.5) is 20.3 Å². The number of aromatic nitrogens is 5. The summed E-state index contributed by atoms with van der Waals surface area (Å²) in [6, 6.07) is 11.1. The van der Waals surface area contributed by atoms with E-state index in [0.717, 1.165) is 12.1 Å². The highest BCUT2D eigenvalue weighted by Crippen LogP contribution is 2.33. The first-order valence-electron chi connectivity index (χ1n) is 11.4. The third-order valence-corrected chi connectivity index (χ3v) is 5.95. The SMILES string of the molecule is COc1cnc(-c2nn(Cc3c(F)cc(OCCO)cc3F)c3ccccc23)nc1Nc1ccncc1Cl. The molecule has 194 valence electrons. The molecule has 3 aromatic heterocycles. The van der Waals surface area contributed by atoms with Crippen LogP contribution in [0.5, 0.6) is 11.5 Å². The Kier molecular flexibility index (Phi) is 7.29. The monoisotopic (exact) mass is 538 g/mol. The van der Waals surface area contributed by atoms with Crippen molar-refractivity contribution in [2.75, 3.05) is 25.6 Å². The van der Waals surface area contributed by atoms with Gasteiger partial charge in [-0.15, -0.1) is 0 Å². The fourth-order valence-electron chi connectivity index (χ4n) is 3.87. The van der Waals surface area contributed by atoms with Gasteiger partial charge in [-0.25, -0.2) is 18.7 Å². The lowest BCUT2D eigenvalue weighted by Gasteiger charge is -2.11. The quantitative estimate of drug-likeness (QED) is 0.270. The number of hydrogen-bond acceptors (Lipinski definition) is 8. The molecular formula is C26H21ClF2N6O3. The number of nitrogens with zero attached hydrogens (tertiary/aromatic N) is 5. The van der Waals surface area contributed by atoms with Crippen LogP contribution in [0.25, 0.3) is 22.4 Å². The molecule has 2 N–H and O–H groups in total. The molecule has 5 rings (SSSR count). The third kappa shape index (κ3) is 5.06. The zero-order chi connectivity index (χ0) is 26.6. The van der Waals surface area contributed by atoms with Crippen LogP contribution in [-0.4, -0.2) is 50.2 Å². The van der Waals surface area contributed by atoms with Crippen LogP contribution in [0.15, 0.2) is 61.1 Å². The zero-order valence-corrected chi connectivity index (χ0v) is 20.8. The van der Waals surface area contributed by atoms with Gasteiger partial charge in [0.05, 0.1) is 42.7 Å². The molecule has 0 spiro atoms. The highest BCUT2D eigenvalue weighted by molar-refractivity contribution is 6.33. The van der Waals surface area contributed by atoms with E-state index in [4.69, 9.17) is 26.2 Å². The number of benzene rings is 2. The molecule has 5 aromatic rings. The third-order valence-electron chi connectivity index (χ3n) is 5.65. The number of fused-ring (bicyclic) bond motifs is 1. The van der Waals surface area contributed by atoms with E-state index in [-0.39, 0.29) is 36.9 Å². The zero-order valence-electron chi connectivity index (χ0n) is 20.0. The Morgan fingerprint density at radius 1 is 1.11 bits per heavy atom. The summed E-state index contributed by atoms with van der Waals surface area (Å²) in [5, 5.41) is 17.7. The van der Waals surface area contributed by atoms with Crippen LogP contribution in [0.3, 0.4) is 0 Å². The predicted octanol–water partition coefficient (Wildman–Crippen LogP) is 4.99. The van der Waals surface area contributed by atoms with Gasteiger partial charge in [-0.3, -0.25) is 9.67 Å². The van der Waals surface area contributed by atoms with Crippen molar-refractivity contribution in [3.8, 4) is 23.0 Å². The second-order valence-electron chi connectivity index (χ2n) is 8.05. The molecule has 0 bridgehead atoms. The smallest absolute Gasteiger partial charge is 0.183 e. The predicted molar refractivity (Wildman–Crippen MR) is 138 cm³/mol. The summed E-state index contributed by atoms with van der Waals surface area (Å²) in [4.78, 5) is 13.0. The van der Waals surface area contributed by atoms with Crippen molar-refractivity contribution in [1.29, 1.82) is 0 Å². The summed E-state index contributed by atoms with van der Waals surface area (Å²) in [6.45, 7) is -0.531. The fraction of sp³-hybridized carbons (Fsp3) is 0.154. The lowest BCUT2D eigenvalue weighted by Crippen LogP contribution is -2.08. The Bertz CT molecular complexity index is 1590. The Labute approximate surface area is 220 Å². The van der Waals surface area contributed by atoms with E-state index in [1.807, 2.05) is 12.1 Å². The number of nitrogens with one attached hydrogen (secondary N) is 1. The summed E-state index contributed by atoms with van der Waals surface area (Å²) < 4.78 is 41.7. The lowest BCUT2D eigenvalue weighted by atomic mass is 10.1. The summed E-state index contributed by atoms with van der Waals surface area (Å²) >= 11 is 6.24. The average Bonchev–Trinajstić information content (AvgIpc) is 3.29. The standard InChI is InChI=1S/C26H21ClF2N6O3/c1-37-23-13-31-26(33-25(23)32-21-6-7-30-12-18(21)27)24-16-4-2-3-5-22(16)35(34-24)14-17-19(28)10-15(11-20(17)29)38-9-8-36/h2-7,10-13,36H,8-9,14H2,1H3,(H,30,31,32,33). The first-order chi connectivity index (χ1) is 18.5. The van der Waals surface area contributed by atoms with Crippen molar-refractivity contribution in [3.05, 3.63) is 83.3 Å². The minimum Gasteiger partial charge on any atom is -0.491 e. The number of rotatable bonds is 9. The van der Waals surface area contributed by atoms with Crippen LogP contribution < -0.4 is 14.8 Å². The van der Waals surface area contributed by atoms with Crippen molar-refractivity contribution in [1.82, 2.24) is 24.7 Å². The molecule has 2 aromatic carbocycles. The van der Waals surface area contributed by atoms with Crippen LogP contribution in [0.2, 0.25) is 5.02 Å². The maximum absolute atomic E-state index is 14.8. The largest absolute Gasteiger partial charge is 0.491 e. The Morgan fingerprint density at radius 2 is 1.89 bits per heavy atom. The van der Waals surface area contributed by atoms with Crippen LogP contribution >= 0.6 is 11.6 Å². The van der Waals surface area contributed by atoms with Gasteiger partial charge in [0.25, 0.3) is 0 Å². The first-order valence-corrected chi connectivity index (χ1v) is 11.8. The summed E-state index contributed by atoms with van der Waals surface area (Å²) in [5.41, 5.74) is 1.42. The number of aliphatic hydroxyl groups is 1. The number of para-hydroxylation sites is 1. The van der Waals surface area contributed by atoms with Gasteiger partial charge in [0.15, 0.2) is 17.4 Å². The van der Waals surface area contributed by atoms with E-state index in [2.05, 4.69) is 25.4 Å². The number of methoxy groups -OCH3 is 1. The Morgan fingerprint density at radius 3 is 2.63 bits per heavy atom. The highest BCUT2D eigenvalue weighted by Gasteiger charge is 2.20. The van der Waals surface area contributed by atoms with Gasteiger partial charge < -0.3 is 19.9 Å². The normalized spacial score (nSPS) is 11.1. The van der Waals surface area contributed by atoms with Crippen molar-refractivity contribution >= 4 is 34.0 Å². The molecule has 0 amide bonds. The molecule has 9 nitrogen and oxygen atoms in total. The Hall–Kier alpha value is -4.35. The van der Waals surface area contributed by atoms with Crippen molar-refractivity contribution in [2.45, 2.75) is 6.54 Å². The molecule has 0 atom stereocenters. The molecule has 12 heteroatoms. The van der Waals surface area contributed by atoms with Crippen LogP contribution in [0.1, 0.15) is 5.56 Å². The highest BCUT2D eigenvalue weighted by atomic mass is 35.5. The van der Waals surface area contributed by atoms with Crippen LogP contribution in [-0.2, 0) is 6.54 Å². The van der Waals surface area contributed by atoms with Crippen molar-refractivity contribution in [3.63, 3.8) is 0 Å². The molecule has 38 heavy (non-hydrogen) atoms. The molecule has 0 aliphatic carbocycles. The minimum atomic E-state index is -0.791. The molecule has 0 saturated carbocycles. The number of ether oxygens (including phenoxy) is 2. The summed E-state index contributed by atoms with van der Waals surface area (Å²) in [5.74, 6) is -0.606. The number of hydrogen-bond donors (Lipinski definition) is 2. The van der Waals surface area contributed by atoms with E-state index in [9.17, 15) is 8.78 Å². The molecule has 3 heterocycles. The van der Waals surface area contributed by atoms with Gasteiger partial charge in [0.2, 0.25) is 0 Å². The number of halogens is 3. The van der Waals surface area contributed by atoms with E-state index in [1.165, 1.54) is 24.2 Å². The van der Waals surface area contributed by atoms with E-state index in [1.54, 1.807) is 24.4 Å². The molecule has 0 aliphatic rings. The second-order valence-corrected chi connectivity index (χ2v) is 8.46. The molecular weight excluding hydrogens is 518 g/mol. The lowest BCUT2D eigenvalue weighted by molar-refractivity contribution is 0.200. The summed E-state index contributed by atoms with van der Waals surface area (Å²) in [7, 11) is 1.49. The maximum atomic E-state index is 14.8. The number of anilines is 2. The van der Waals surface area contributed by atoms with E-state index in [0.29, 0.717) is 38.9 Å². The molecule has 0 radical (unpaired) electrons. The van der Waals surface area contributed by atoms with Gasteiger partial charge in [-0.1, -0.05) is 29.8 Å². The van der Waals surface area contributed by atoms with Gasteiger partial charge in [0, 0.05) is 35.5 Å². The topological polar surface area (TPSA) is 107 Å². The first kappa shape index (κ1) is 25.3. The van der Waals surface area contributed by atoms with Crippen molar-refractivity contribution < 1.29 is 23.4 Å². The summed E-state index contributed by atoms with van der Waals surface area (Å²) in [6.07, 6.45) is 4.58. The van der Waals surface area contributed by atoms with E-state index < -0.39 is 11.6 Å². The van der Waals surface area contributed by atoms with Gasteiger partial charge in [0.1, 0.15) is 29.7 Å². The van der Waals surface area contributed by atoms with Gasteiger partial charge in [-0.05, 0) is 12.1 Å². The van der Waals surface area contributed by atoms with Crippen molar-refractivity contribution in [2.24, 2.45) is 0 Å². The second kappa shape index (κ2) is 11.0. The van der Waals surface area contributed by atoms with Gasteiger partial charge >= 0.3 is 0 Å². The molecule has 0 unspecified atom stereocenters. The fourth-order valence-corrected chi connectivity index (χ4v) is 4.04.